The molecule has 94 valence electrons. The van der Waals surface area contributed by atoms with Gasteiger partial charge < -0.3 is 5.32 Å². The Labute approximate surface area is 101 Å². The zero-order valence-corrected chi connectivity index (χ0v) is 11.2. The van der Waals surface area contributed by atoms with E-state index in [0.29, 0.717) is 0 Å². The first-order chi connectivity index (χ1) is 7.85. The van der Waals surface area contributed by atoms with Crippen LogP contribution in [0, 0.1) is 17.8 Å². The molecule has 16 heavy (non-hydrogen) atoms. The normalized spacial score (nSPS) is 40.9. The van der Waals surface area contributed by atoms with E-state index < -0.39 is 0 Å². The number of hydrogen-bond donors (Lipinski definition) is 1. The first kappa shape index (κ1) is 12.4. The smallest absolute Gasteiger partial charge is 0.00949 e. The Hall–Kier alpha value is -0.0400. The molecule has 1 nitrogen and oxygen atoms in total. The van der Waals surface area contributed by atoms with E-state index in [0.717, 1.165) is 23.8 Å². The molecule has 2 aliphatic carbocycles. The van der Waals surface area contributed by atoms with Crippen molar-refractivity contribution >= 4 is 0 Å². The average molecular weight is 223 g/mol. The molecular formula is C15H29N. The van der Waals surface area contributed by atoms with Gasteiger partial charge in [-0.15, -0.1) is 0 Å². The van der Waals surface area contributed by atoms with Crippen LogP contribution in [0.15, 0.2) is 0 Å². The standard InChI is InChI=1S/C15H29N/c1-3-12-8-10-13(11-9-12)14-6-4-5-7-15(14)16-2/h12-16H,3-11H2,1-2H3. The lowest BCUT2D eigenvalue weighted by atomic mass is 9.69. The molecule has 0 saturated heterocycles. The number of rotatable bonds is 3. The van der Waals surface area contributed by atoms with E-state index in [4.69, 9.17) is 0 Å². The second-order valence-corrected chi connectivity index (χ2v) is 6.03. The topological polar surface area (TPSA) is 12.0 Å². The summed E-state index contributed by atoms with van der Waals surface area (Å²) in [5, 5.41) is 3.58. The van der Waals surface area contributed by atoms with Crippen LogP contribution in [-0.2, 0) is 0 Å². The van der Waals surface area contributed by atoms with Gasteiger partial charge in [-0.1, -0.05) is 39.0 Å². The minimum absolute atomic E-state index is 0.830. The summed E-state index contributed by atoms with van der Waals surface area (Å²) in [6.07, 6.45) is 13.3. The van der Waals surface area contributed by atoms with Crippen molar-refractivity contribution in [3.63, 3.8) is 0 Å². The highest BCUT2D eigenvalue weighted by atomic mass is 14.9. The fourth-order valence-electron chi connectivity index (χ4n) is 4.11. The summed E-state index contributed by atoms with van der Waals surface area (Å²) in [5.74, 6) is 3.09. The van der Waals surface area contributed by atoms with Crippen LogP contribution in [0.25, 0.3) is 0 Å². The van der Waals surface area contributed by atoms with E-state index in [1.54, 1.807) is 0 Å². The van der Waals surface area contributed by atoms with Gasteiger partial charge >= 0.3 is 0 Å². The van der Waals surface area contributed by atoms with Crippen LogP contribution in [0.1, 0.15) is 64.7 Å². The fraction of sp³-hybridized carbons (Fsp3) is 1.00. The maximum atomic E-state index is 3.58. The Morgan fingerprint density at radius 3 is 2.25 bits per heavy atom. The second-order valence-electron chi connectivity index (χ2n) is 6.03. The summed E-state index contributed by atoms with van der Waals surface area (Å²) >= 11 is 0. The molecular weight excluding hydrogens is 194 g/mol. The van der Waals surface area contributed by atoms with E-state index in [2.05, 4.69) is 19.3 Å². The van der Waals surface area contributed by atoms with Crippen molar-refractivity contribution < 1.29 is 0 Å². The fourth-order valence-corrected chi connectivity index (χ4v) is 4.11. The summed E-state index contributed by atoms with van der Waals surface area (Å²) in [5.41, 5.74) is 0. The van der Waals surface area contributed by atoms with Crippen LogP contribution in [0.2, 0.25) is 0 Å². The van der Waals surface area contributed by atoms with E-state index in [-0.39, 0.29) is 0 Å². The number of nitrogens with one attached hydrogen (secondary N) is 1. The minimum atomic E-state index is 0.830. The van der Waals surface area contributed by atoms with Crippen molar-refractivity contribution in [3.8, 4) is 0 Å². The predicted molar refractivity (Wildman–Crippen MR) is 70.5 cm³/mol. The Kier molecular flexibility index (Phi) is 4.69. The van der Waals surface area contributed by atoms with Gasteiger partial charge in [0.2, 0.25) is 0 Å². The second kappa shape index (κ2) is 6.05. The summed E-state index contributed by atoms with van der Waals surface area (Å²) in [7, 11) is 2.17. The lowest BCUT2D eigenvalue weighted by Gasteiger charge is -2.40. The van der Waals surface area contributed by atoms with Crippen molar-refractivity contribution in [1.82, 2.24) is 5.32 Å². The molecule has 0 bridgehead atoms. The predicted octanol–water partition coefficient (Wildman–Crippen LogP) is 3.98. The molecule has 0 aromatic heterocycles. The Morgan fingerprint density at radius 2 is 1.62 bits per heavy atom. The van der Waals surface area contributed by atoms with Crippen LogP contribution < -0.4 is 5.32 Å². The van der Waals surface area contributed by atoms with Gasteiger partial charge in [-0.05, 0) is 50.5 Å². The number of hydrogen-bond acceptors (Lipinski definition) is 1. The van der Waals surface area contributed by atoms with Crippen molar-refractivity contribution in [3.05, 3.63) is 0 Å². The largest absolute Gasteiger partial charge is 0.317 e. The lowest BCUT2D eigenvalue weighted by molar-refractivity contribution is 0.134. The molecule has 2 atom stereocenters. The molecule has 2 fully saturated rings. The van der Waals surface area contributed by atoms with Gasteiger partial charge in [0.15, 0.2) is 0 Å². The van der Waals surface area contributed by atoms with Gasteiger partial charge in [0.1, 0.15) is 0 Å². The van der Waals surface area contributed by atoms with Gasteiger partial charge in [0.25, 0.3) is 0 Å². The SMILES string of the molecule is CCC1CCC(C2CCCCC2NC)CC1. The van der Waals surface area contributed by atoms with Gasteiger partial charge in [-0.25, -0.2) is 0 Å². The van der Waals surface area contributed by atoms with Crippen molar-refractivity contribution in [2.75, 3.05) is 7.05 Å². The van der Waals surface area contributed by atoms with Crippen LogP contribution in [0.3, 0.4) is 0 Å². The lowest BCUT2D eigenvalue weighted by Crippen LogP contribution is -2.41. The molecule has 0 heterocycles. The third-order valence-corrected chi connectivity index (χ3v) is 5.26. The van der Waals surface area contributed by atoms with Crippen LogP contribution >= 0.6 is 0 Å². The molecule has 2 unspecified atom stereocenters. The van der Waals surface area contributed by atoms with Crippen molar-refractivity contribution in [2.45, 2.75) is 70.8 Å². The summed E-state index contributed by atoms with van der Waals surface area (Å²) in [6, 6.07) is 0.830. The minimum Gasteiger partial charge on any atom is -0.317 e. The molecule has 0 amide bonds. The Morgan fingerprint density at radius 1 is 0.938 bits per heavy atom. The van der Waals surface area contributed by atoms with E-state index in [1.807, 2.05) is 0 Å². The monoisotopic (exact) mass is 223 g/mol. The molecule has 2 aliphatic rings. The maximum absolute atomic E-state index is 3.58. The molecule has 0 radical (unpaired) electrons. The first-order valence-corrected chi connectivity index (χ1v) is 7.52. The van der Waals surface area contributed by atoms with E-state index >= 15 is 0 Å². The highest BCUT2D eigenvalue weighted by Crippen LogP contribution is 2.40. The van der Waals surface area contributed by atoms with E-state index in [1.165, 1.54) is 57.8 Å². The van der Waals surface area contributed by atoms with Crippen LogP contribution in [0.5, 0.6) is 0 Å². The zero-order chi connectivity index (χ0) is 11.4. The molecule has 1 N–H and O–H groups in total. The summed E-state index contributed by atoms with van der Waals surface area (Å²) < 4.78 is 0. The van der Waals surface area contributed by atoms with Crippen LogP contribution in [-0.4, -0.2) is 13.1 Å². The summed E-state index contributed by atoms with van der Waals surface area (Å²) in [4.78, 5) is 0. The molecule has 2 rings (SSSR count). The zero-order valence-electron chi connectivity index (χ0n) is 11.2. The Bertz CT molecular complexity index is 194. The quantitative estimate of drug-likeness (QED) is 0.763. The molecule has 0 aliphatic heterocycles. The van der Waals surface area contributed by atoms with E-state index in [9.17, 15) is 0 Å². The maximum Gasteiger partial charge on any atom is 0.00949 e. The first-order valence-electron chi connectivity index (χ1n) is 7.52. The third-order valence-electron chi connectivity index (χ3n) is 5.26. The molecule has 0 aromatic carbocycles. The molecule has 0 spiro atoms. The van der Waals surface area contributed by atoms with Crippen molar-refractivity contribution in [1.29, 1.82) is 0 Å². The highest BCUT2D eigenvalue weighted by molar-refractivity contribution is 4.87. The van der Waals surface area contributed by atoms with Gasteiger partial charge in [-0.2, -0.15) is 0 Å². The average Bonchev–Trinajstić information content (AvgIpc) is 2.39. The van der Waals surface area contributed by atoms with Crippen LogP contribution in [0.4, 0.5) is 0 Å². The Balaban J connectivity index is 1.86. The van der Waals surface area contributed by atoms with Gasteiger partial charge in [0, 0.05) is 6.04 Å². The molecule has 2 saturated carbocycles. The summed E-state index contributed by atoms with van der Waals surface area (Å²) in [6.45, 7) is 2.36. The van der Waals surface area contributed by atoms with Gasteiger partial charge in [-0.3, -0.25) is 0 Å². The third kappa shape index (κ3) is 2.80. The van der Waals surface area contributed by atoms with Crippen molar-refractivity contribution in [2.24, 2.45) is 17.8 Å². The highest BCUT2D eigenvalue weighted by Gasteiger charge is 2.32. The molecule has 0 aromatic rings. The van der Waals surface area contributed by atoms with Gasteiger partial charge in [0.05, 0.1) is 0 Å². The molecule has 1 heteroatoms.